The van der Waals surface area contributed by atoms with Gasteiger partial charge in [0.25, 0.3) is 5.91 Å². The lowest BCUT2D eigenvalue weighted by molar-refractivity contribution is 0.102. The number of hydrogen-bond donors (Lipinski definition) is 2. The molecule has 2 aromatic carbocycles. The number of nitrogens with one attached hydrogen (secondary N) is 2. The van der Waals surface area contributed by atoms with Gasteiger partial charge in [0.05, 0.1) is 12.7 Å². The van der Waals surface area contributed by atoms with Gasteiger partial charge in [0.15, 0.2) is 11.6 Å². The second-order valence-corrected chi connectivity index (χ2v) is 6.01. The Morgan fingerprint density at radius 1 is 0.960 bits per heavy atom. The molecule has 0 radical (unpaired) electrons. The minimum absolute atomic E-state index is 0.305. The second-order valence-electron chi connectivity index (χ2n) is 5.09. The molecule has 0 unspecified atom stereocenters. The fraction of sp³-hybridized carbons (Fsp3) is 0.0556. The summed E-state index contributed by atoms with van der Waals surface area (Å²) in [6, 6.07) is 18.1. The highest BCUT2D eigenvalue weighted by molar-refractivity contribution is 9.10. The number of carbonyl (C=O) groups excluding carboxylic acids is 1. The number of nitrogens with zero attached hydrogens (tertiary/aromatic N) is 2. The van der Waals surface area contributed by atoms with Crippen LogP contribution in [0.15, 0.2) is 65.1 Å². The van der Waals surface area contributed by atoms with Gasteiger partial charge in [-0.3, -0.25) is 4.79 Å². The van der Waals surface area contributed by atoms with Gasteiger partial charge in [-0.1, -0.05) is 28.1 Å². The Balaban J connectivity index is 1.68. The summed E-state index contributed by atoms with van der Waals surface area (Å²) >= 11 is 3.39. The molecule has 3 rings (SSSR count). The topological polar surface area (TPSA) is 76.1 Å². The molecule has 0 bridgehead atoms. The predicted octanol–water partition coefficient (Wildman–Crippen LogP) is 4.24. The van der Waals surface area contributed by atoms with Crippen LogP contribution in [0.1, 0.15) is 10.4 Å². The third-order valence-corrected chi connectivity index (χ3v) is 3.90. The first-order chi connectivity index (χ1) is 12.2. The van der Waals surface area contributed by atoms with E-state index in [0.29, 0.717) is 22.9 Å². The van der Waals surface area contributed by atoms with Crippen molar-refractivity contribution in [1.82, 2.24) is 10.2 Å². The summed E-state index contributed by atoms with van der Waals surface area (Å²) in [5.74, 6) is 1.14. The molecule has 0 fully saturated rings. The number of aromatic nitrogens is 2. The number of halogens is 1. The van der Waals surface area contributed by atoms with Crippen molar-refractivity contribution in [3.63, 3.8) is 0 Å². The molecule has 0 aliphatic carbocycles. The third-order valence-electron chi connectivity index (χ3n) is 3.37. The summed E-state index contributed by atoms with van der Waals surface area (Å²) in [5.41, 5.74) is 1.33. The van der Waals surface area contributed by atoms with Gasteiger partial charge in [0.1, 0.15) is 5.75 Å². The molecule has 0 aliphatic rings. The van der Waals surface area contributed by atoms with E-state index in [1.807, 2.05) is 24.3 Å². The van der Waals surface area contributed by atoms with Crippen molar-refractivity contribution < 1.29 is 9.53 Å². The number of hydrogen-bond acceptors (Lipinski definition) is 5. The van der Waals surface area contributed by atoms with Crippen molar-refractivity contribution in [2.24, 2.45) is 0 Å². The first-order valence-electron chi connectivity index (χ1n) is 7.46. The quantitative estimate of drug-likeness (QED) is 0.671. The SMILES string of the molecule is COc1ccccc1C(=O)Nc1ccc(Nc2ccc(Br)cc2)nn1. The number of amides is 1. The van der Waals surface area contributed by atoms with E-state index in [0.717, 1.165) is 10.2 Å². The van der Waals surface area contributed by atoms with Gasteiger partial charge in [-0.05, 0) is 48.5 Å². The molecule has 0 saturated carbocycles. The van der Waals surface area contributed by atoms with E-state index in [1.165, 1.54) is 7.11 Å². The highest BCUT2D eigenvalue weighted by Gasteiger charge is 2.12. The maximum absolute atomic E-state index is 12.3. The van der Waals surface area contributed by atoms with Crippen LogP contribution in [0.4, 0.5) is 17.3 Å². The monoisotopic (exact) mass is 398 g/mol. The average molecular weight is 399 g/mol. The number of rotatable bonds is 5. The first kappa shape index (κ1) is 16.9. The van der Waals surface area contributed by atoms with Gasteiger partial charge in [-0.25, -0.2) is 0 Å². The molecule has 6 nitrogen and oxygen atoms in total. The van der Waals surface area contributed by atoms with Gasteiger partial charge >= 0.3 is 0 Å². The van der Waals surface area contributed by atoms with Gasteiger partial charge in [0, 0.05) is 10.2 Å². The summed E-state index contributed by atoms with van der Waals surface area (Å²) in [6.07, 6.45) is 0. The van der Waals surface area contributed by atoms with Gasteiger partial charge in [-0.15, -0.1) is 10.2 Å². The Morgan fingerprint density at radius 3 is 2.32 bits per heavy atom. The third kappa shape index (κ3) is 4.33. The second kappa shape index (κ2) is 7.76. The van der Waals surface area contributed by atoms with Crippen molar-refractivity contribution >= 4 is 39.2 Å². The van der Waals surface area contributed by atoms with E-state index in [4.69, 9.17) is 4.74 Å². The molecule has 126 valence electrons. The van der Waals surface area contributed by atoms with Crippen LogP contribution in [0.5, 0.6) is 5.75 Å². The van der Waals surface area contributed by atoms with Crippen LogP contribution in [0.25, 0.3) is 0 Å². The number of methoxy groups -OCH3 is 1. The van der Waals surface area contributed by atoms with Gasteiger partial charge in [0.2, 0.25) is 0 Å². The summed E-state index contributed by atoms with van der Waals surface area (Å²) in [5, 5.41) is 13.9. The van der Waals surface area contributed by atoms with Crippen LogP contribution in [-0.4, -0.2) is 23.2 Å². The van der Waals surface area contributed by atoms with Crippen LogP contribution < -0.4 is 15.4 Å². The van der Waals surface area contributed by atoms with Gasteiger partial charge in [-0.2, -0.15) is 0 Å². The number of carbonyl (C=O) groups is 1. The normalized spacial score (nSPS) is 10.2. The van der Waals surface area contributed by atoms with Crippen LogP contribution in [0, 0.1) is 0 Å². The highest BCUT2D eigenvalue weighted by Crippen LogP contribution is 2.20. The molecule has 25 heavy (non-hydrogen) atoms. The molecule has 0 aliphatic heterocycles. The lowest BCUT2D eigenvalue weighted by Crippen LogP contribution is -2.14. The Morgan fingerprint density at radius 2 is 1.64 bits per heavy atom. The molecule has 0 saturated heterocycles. The van der Waals surface area contributed by atoms with E-state index in [1.54, 1.807) is 36.4 Å². The van der Waals surface area contributed by atoms with E-state index in [9.17, 15) is 4.79 Å². The van der Waals surface area contributed by atoms with E-state index in [-0.39, 0.29) is 5.91 Å². The lowest BCUT2D eigenvalue weighted by atomic mass is 10.2. The minimum Gasteiger partial charge on any atom is -0.496 e. The van der Waals surface area contributed by atoms with Crippen LogP contribution in [-0.2, 0) is 0 Å². The molecule has 3 aromatic rings. The number of para-hydroxylation sites is 1. The maximum Gasteiger partial charge on any atom is 0.260 e. The molecule has 0 atom stereocenters. The summed E-state index contributed by atoms with van der Waals surface area (Å²) in [6.45, 7) is 0. The summed E-state index contributed by atoms with van der Waals surface area (Å²) < 4.78 is 6.19. The van der Waals surface area contributed by atoms with Crippen molar-refractivity contribution in [1.29, 1.82) is 0 Å². The van der Waals surface area contributed by atoms with Crippen molar-refractivity contribution in [3.05, 3.63) is 70.7 Å². The Bertz CT molecular complexity index is 867. The number of benzene rings is 2. The van der Waals surface area contributed by atoms with E-state index >= 15 is 0 Å². The molecule has 7 heteroatoms. The van der Waals surface area contributed by atoms with Crippen molar-refractivity contribution in [3.8, 4) is 5.75 Å². The Hall–Kier alpha value is -2.93. The van der Waals surface area contributed by atoms with Crippen molar-refractivity contribution in [2.75, 3.05) is 17.7 Å². The lowest BCUT2D eigenvalue weighted by Gasteiger charge is -2.09. The molecule has 2 N–H and O–H groups in total. The smallest absolute Gasteiger partial charge is 0.260 e. The zero-order valence-corrected chi connectivity index (χ0v) is 14.9. The minimum atomic E-state index is -0.305. The average Bonchev–Trinajstić information content (AvgIpc) is 2.65. The predicted molar refractivity (Wildman–Crippen MR) is 100 cm³/mol. The van der Waals surface area contributed by atoms with E-state index < -0.39 is 0 Å². The van der Waals surface area contributed by atoms with Crippen molar-refractivity contribution in [2.45, 2.75) is 0 Å². The Labute approximate surface area is 153 Å². The fourth-order valence-corrected chi connectivity index (χ4v) is 2.43. The van der Waals surface area contributed by atoms with E-state index in [2.05, 4.69) is 36.8 Å². The maximum atomic E-state index is 12.3. The molecule has 1 amide bonds. The van der Waals surface area contributed by atoms with Crippen LogP contribution in [0.3, 0.4) is 0 Å². The molecule has 0 spiro atoms. The standard InChI is InChI=1S/C18H15BrN4O2/c1-25-15-5-3-2-4-14(15)18(24)21-17-11-10-16(22-23-17)20-13-8-6-12(19)7-9-13/h2-11H,1H3,(H,20,22)(H,21,23,24). The Kier molecular flexibility index (Phi) is 5.25. The molecular formula is C18H15BrN4O2. The van der Waals surface area contributed by atoms with Crippen LogP contribution >= 0.6 is 15.9 Å². The summed E-state index contributed by atoms with van der Waals surface area (Å²) in [7, 11) is 1.52. The molecule has 1 aromatic heterocycles. The highest BCUT2D eigenvalue weighted by atomic mass is 79.9. The van der Waals surface area contributed by atoms with Crippen LogP contribution in [0.2, 0.25) is 0 Å². The number of anilines is 3. The first-order valence-corrected chi connectivity index (χ1v) is 8.26. The zero-order chi connectivity index (χ0) is 17.6. The largest absolute Gasteiger partial charge is 0.496 e. The molecule has 1 heterocycles. The van der Waals surface area contributed by atoms with Gasteiger partial charge < -0.3 is 15.4 Å². The summed E-state index contributed by atoms with van der Waals surface area (Å²) in [4.78, 5) is 12.3. The number of ether oxygens (including phenoxy) is 1. The zero-order valence-electron chi connectivity index (χ0n) is 13.4. The fourth-order valence-electron chi connectivity index (χ4n) is 2.16. The molecular weight excluding hydrogens is 384 g/mol.